The average Bonchev–Trinajstić information content (AvgIpc) is 3.48. The van der Waals surface area contributed by atoms with Gasteiger partial charge in [-0.3, -0.25) is 9.69 Å². The van der Waals surface area contributed by atoms with Crippen molar-refractivity contribution in [1.82, 2.24) is 35.6 Å². The largest absolute Gasteiger partial charge is 0.379 e. The Morgan fingerprint density at radius 1 is 1.38 bits per heavy atom. The van der Waals surface area contributed by atoms with Gasteiger partial charge in [0.05, 0.1) is 24.6 Å². The van der Waals surface area contributed by atoms with Crippen molar-refractivity contribution >= 4 is 28.8 Å². The van der Waals surface area contributed by atoms with Crippen LogP contribution in [0.15, 0.2) is 27.2 Å². The Morgan fingerprint density at radius 3 is 2.90 bits per heavy atom. The highest BCUT2D eigenvalue weighted by Gasteiger charge is 2.26. The molecule has 0 bridgehead atoms. The molecule has 3 N–H and O–H groups in total. The van der Waals surface area contributed by atoms with Crippen LogP contribution in [0.25, 0.3) is 5.82 Å². The zero-order valence-corrected chi connectivity index (χ0v) is 16.4. The number of ether oxygens (including phenoxy) is 1. The lowest BCUT2D eigenvalue weighted by Crippen LogP contribution is -2.37. The summed E-state index contributed by atoms with van der Waals surface area (Å²) in [7, 11) is 0. The molecule has 0 unspecified atom stereocenters. The molecule has 29 heavy (non-hydrogen) atoms. The minimum Gasteiger partial charge on any atom is -0.379 e. The SMILES string of the molecule is C/C(=N\NC(=O)c1nnn(-c2nonc2N)c1CN1CCOCC1)c1cccs1. The number of nitrogens with one attached hydrogen (secondary N) is 1. The Morgan fingerprint density at radius 2 is 2.21 bits per heavy atom. The number of morpholine rings is 1. The van der Waals surface area contributed by atoms with Gasteiger partial charge >= 0.3 is 0 Å². The van der Waals surface area contributed by atoms with E-state index >= 15 is 0 Å². The fourth-order valence-corrected chi connectivity index (χ4v) is 3.50. The lowest BCUT2D eigenvalue weighted by Gasteiger charge is -2.26. The Balaban J connectivity index is 1.61. The van der Waals surface area contributed by atoms with Crippen molar-refractivity contribution in [3.63, 3.8) is 0 Å². The highest BCUT2D eigenvalue weighted by atomic mass is 32.1. The molecule has 152 valence electrons. The fraction of sp³-hybridized carbons (Fsp3) is 0.375. The quantitative estimate of drug-likeness (QED) is 0.426. The zero-order chi connectivity index (χ0) is 20.2. The van der Waals surface area contributed by atoms with Crippen molar-refractivity contribution in [3.05, 3.63) is 33.8 Å². The van der Waals surface area contributed by atoms with Crippen LogP contribution in [0.2, 0.25) is 0 Å². The third-order valence-electron chi connectivity index (χ3n) is 4.35. The van der Waals surface area contributed by atoms with E-state index in [9.17, 15) is 4.79 Å². The second-order valence-electron chi connectivity index (χ2n) is 6.27. The Hall–Kier alpha value is -3.16. The molecule has 1 aliphatic rings. The molecule has 1 amide bonds. The van der Waals surface area contributed by atoms with E-state index in [-0.39, 0.29) is 17.3 Å². The van der Waals surface area contributed by atoms with E-state index in [1.54, 1.807) is 0 Å². The minimum atomic E-state index is -0.481. The first kappa shape index (κ1) is 19.2. The summed E-state index contributed by atoms with van der Waals surface area (Å²) in [4.78, 5) is 15.9. The van der Waals surface area contributed by atoms with Crippen LogP contribution in [0.3, 0.4) is 0 Å². The third-order valence-corrected chi connectivity index (χ3v) is 5.33. The van der Waals surface area contributed by atoms with Gasteiger partial charge < -0.3 is 10.5 Å². The molecule has 13 heteroatoms. The number of hydrogen-bond acceptors (Lipinski definition) is 11. The maximum absolute atomic E-state index is 12.8. The molecular weight excluding hydrogens is 398 g/mol. The van der Waals surface area contributed by atoms with E-state index < -0.39 is 5.91 Å². The maximum atomic E-state index is 12.8. The van der Waals surface area contributed by atoms with Crippen LogP contribution in [-0.4, -0.2) is 68.1 Å². The summed E-state index contributed by atoms with van der Waals surface area (Å²) in [5.74, 6) is -0.250. The average molecular weight is 417 g/mol. The number of carbonyl (C=O) groups excluding carboxylic acids is 1. The molecular formula is C16H19N9O3S. The minimum absolute atomic E-state index is 0.0525. The van der Waals surface area contributed by atoms with E-state index in [1.165, 1.54) is 16.0 Å². The van der Waals surface area contributed by atoms with E-state index in [0.717, 1.165) is 4.88 Å². The van der Waals surface area contributed by atoms with Crippen LogP contribution < -0.4 is 11.2 Å². The van der Waals surface area contributed by atoms with Crippen molar-refractivity contribution < 1.29 is 14.2 Å². The number of amides is 1. The molecule has 0 saturated carbocycles. The first-order valence-corrected chi connectivity index (χ1v) is 9.73. The predicted octanol–water partition coefficient (Wildman–Crippen LogP) is 0.280. The Bertz CT molecular complexity index is 1000. The van der Waals surface area contributed by atoms with E-state index in [2.05, 4.69) is 40.7 Å². The maximum Gasteiger partial charge on any atom is 0.293 e. The van der Waals surface area contributed by atoms with Gasteiger partial charge in [0.2, 0.25) is 11.6 Å². The number of carbonyl (C=O) groups is 1. The lowest BCUT2D eigenvalue weighted by atomic mass is 10.2. The van der Waals surface area contributed by atoms with E-state index in [4.69, 9.17) is 10.5 Å². The van der Waals surface area contributed by atoms with Gasteiger partial charge in [0.15, 0.2) is 5.69 Å². The van der Waals surface area contributed by atoms with E-state index in [0.29, 0.717) is 44.3 Å². The first-order chi connectivity index (χ1) is 14.1. The van der Waals surface area contributed by atoms with Crippen LogP contribution in [0, 0.1) is 0 Å². The number of nitrogen functional groups attached to an aromatic ring is 1. The van der Waals surface area contributed by atoms with Crippen LogP contribution >= 0.6 is 11.3 Å². The zero-order valence-electron chi connectivity index (χ0n) is 15.6. The number of aromatic nitrogens is 5. The molecule has 3 aromatic heterocycles. The smallest absolute Gasteiger partial charge is 0.293 e. The van der Waals surface area contributed by atoms with Crippen molar-refractivity contribution in [2.45, 2.75) is 13.5 Å². The van der Waals surface area contributed by atoms with Crippen molar-refractivity contribution in [2.24, 2.45) is 5.10 Å². The topological polar surface area (TPSA) is 150 Å². The normalized spacial score (nSPS) is 15.6. The molecule has 3 aromatic rings. The number of hydrazone groups is 1. The molecule has 12 nitrogen and oxygen atoms in total. The summed E-state index contributed by atoms with van der Waals surface area (Å²) in [6.45, 7) is 4.88. The van der Waals surface area contributed by atoms with Crippen molar-refractivity contribution in [1.29, 1.82) is 0 Å². The number of nitrogens with two attached hydrogens (primary N) is 1. The number of rotatable bonds is 6. The molecule has 0 radical (unpaired) electrons. The standard InChI is InChI=1S/C16H19N9O3S/c1-10(12-3-2-8-29-12)18-20-16(26)13-11(9-24-4-6-27-7-5-24)25(23-19-13)15-14(17)21-28-22-15/h2-3,8H,4-7,9H2,1H3,(H2,17,21)(H,20,26)/b18-10+. The van der Waals surface area contributed by atoms with Gasteiger partial charge in [-0.2, -0.15) is 9.78 Å². The molecule has 4 heterocycles. The number of anilines is 1. The Kier molecular flexibility index (Phi) is 5.59. The summed E-state index contributed by atoms with van der Waals surface area (Å²) >= 11 is 1.54. The fourth-order valence-electron chi connectivity index (χ4n) is 2.83. The molecule has 0 aromatic carbocycles. The second-order valence-corrected chi connectivity index (χ2v) is 7.22. The highest BCUT2D eigenvalue weighted by Crippen LogP contribution is 2.18. The molecule has 0 aliphatic carbocycles. The van der Waals surface area contributed by atoms with Crippen LogP contribution in [0.1, 0.15) is 28.0 Å². The second kappa shape index (κ2) is 8.46. The predicted molar refractivity (Wildman–Crippen MR) is 104 cm³/mol. The summed E-state index contributed by atoms with van der Waals surface area (Å²) in [5.41, 5.74) is 9.68. The van der Waals surface area contributed by atoms with Gasteiger partial charge in [-0.25, -0.2) is 10.1 Å². The van der Waals surface area contributed by atoms with Crippen molar-refractivity contribution in [2.75, 3.05) is 32.0 Å². The van der Waals surface area contributed by atoms with Gasteiger partial charge in [-0.15, -0.1) is 16.4 Å². The molecule has 1 fully saturated rings. The van der Waals surface area contributed by atoms with Gasteiger partial charge in [-0.1, -0.05) is 11.3 Å². The molecule has 0 spiro atoms. The molecule has 1 saturated heterocycles. The highest BCUT2D eigenvalue weighted by molar-refractivity contribution is 7.12. The van der Waals surface area contributed by atoms with E-state index in [1.807, 2.05) is 24.4 Å². The Labute approximate surface area is 169 Å². The monoisotopic (exact) mass is 417 g/mol. The number of nitrogens with zero attached hydrogens (tertiary/aromatic N) is 7. The summed E-state index contributed by atoms with van der Waals surface area (Å²) in [5, 5.41) is 21.5. The summed E-state index contributed by atoms with van der Waals surface area (Å²) in [6.07, 6.45) is 0. The van der Waals surface area contributed by atoms with Crippen LogP contribution in [0.4, 0.5) is 5.82 Å². The number of thiophene rings is 1. The van der Waals surface area contributed by atoms with Crippen molar-refractivity contribution in [3.8, 4) is 5.82 Å². The van der Waals surface area contributed by atoms with Crippen LogP contribution in [0.5, 0.6) is 0 Å². The van der Waals surface area contributed by atoms with Gasteiger partial charge in [-0.05, 0) is 28.7 Å². The molecule has 4 rings (SSSR count). The summed E-state index contributed by atoms with van der Waals surface area (Å²) < 4.78 is 11.4. The van der Waals surface area contributed by atoms with Gasteiger partial charge in [0, 0.05) is 24.5 Å². The lowest BCUT2D eigenvalue weighted by molar-refractivity contribution is 0.0332. The first-order valence-electron chi connectivity index (χ1n) is 8.85. The molecule has 1 aliphatic heterocycles. The van der Waals surface area contributed by atoms with Gasteiger partial charge in [0.1, 0.15) is 0 Å². The van der Waals surface area contributed by atoms with Crippen LogP contribution in [-0.2, 0) is 11.3 Å². The third kappa shape index (κ3) is 4.16. The molecule has 0 atom stereocenters. The van der Waals surface area contributed by atoms with Gasteiger partial charge in [0.25, 0.3) is 5.91 Å². The number of hydrogen-bond donors (Lipinski definition) is 2. The summed E-state index contributed by atoms with van der Waals surface area (Å²) in [6, 6.07) is 3.85.